The third-order valence-electron chi connectivity index (χ3n) is 1.01. The molecule has 1 rings (SSSR count). The summed E-state index contributed by atoms with van der Waals surface area (Å²) in [5, 5.41) is 10.8. The van der Waals surface area contributed by atoms with Gasteiger partial charge in [0, 0.05) is 0 Å². The predicted molar refractivity (Wildman–Crippen MR) is 50.7 cm³/mol. The fourth-order valence-electron chi connectivity index (χ4n) is 0.550. The third kappa shape index (κ3) is 2.18. The Hall–Kier alpha value is -0.140. The Labute approximate surface area is 88.4 Å². The Morgan fingerprint density at radius 3 is 2.58 bits per heavy atom. The minimum absolute atomic E-state index is 0.143. The Balaban J connectivity index is 3.16. The minimum atomic E-state index is 0.143. The molecule has 0 bridgehead atoms. The van der Waals surface area contributed by atoms with Gasteiger partial charge in [-0.2, -0.15) is 5.26 Å². The van der Waals surface area contributed by atoms with Crippen molar-refractivity contribution in [1.82, 2.24) is 4.98 Å². The number of thioether (sulfide) groups is 1. The molecule has 2 nitrogen and oxygen atoms in total. The lowest BCUT2D eigenvalue weighted by Gasteiger charge is -1.99. The fourth-order valence-corrected chi connectivity index (χ4v) is 1.61. The first kappa shape index (κ1) is 9.94. The molecule has 12 heavy (non-hydrogen) atoms. The first-order chi connectivity index (χ1) is 5.65. The number of aromatic nitrogens is 1. The van der Waals surface area contributed by atoms with Gasteiger partial charge in [-0.3, -0.25) is 0 Å². The molecule has 0 aliphatic rings. The summed E-state index contributed by atoms with van der Waals surface area (Å²) in [7, 11) is 0. The van der Waals surface area contributed by atoms with E-state index in [1.807, 2.05) is 5.40 Å². The van der Waals surface area contributed by atoms with Crippen molar-refractivity contribution in [3.8, 4) is 5.40 Å². The van der Waals surface area contributed by atoms with Gasteiger partial charge in [0.15, 0.2) is 0 Å². The van der Waals surface area contributed by atoms with E-state index in [1.54, 1.807) is 0 Å². The van der Waals surface area contributed by atoms with E-state index in [0.29, 0.717) is 9.92 Å². The van der Waals surface area contributed by atoms with E-state index in [4.69, 9.17) is 40.1 Å². The van der Waals surface area contributed by atoms with Crippen molar-refractivity contribution in [2.75, 3.05) is 0 Å². The lowest BCUT2D eigenvalue weighted by molar-refractivity contribution is 1.24. The van der Waals surface area contributed by atoms with Gasteiger partial charge < -0.3 is 0 Å². The van der Waals surface area contributed by atoms with E-state index < -0.39 is 0 Å². The van der Waals surface area contributed by atoms with Crippen molar-refractivity contribution in [2.45, 2.75) is 4.90 Å². The minimum Gasteiger partial charge on any atom is -0.222 e. The van der Waals surface area contributed by atoms with E-state index in [0.717, 1.165) is 11.8 Å². The summed E-state index contributed by atoms with van der Waals surface area (Å²) in [5.41, 5.74) is 0. The standard InChI is InChI=1S/C6HCl3N2S/c7-3-1-4(12-2-10)6(9)11-5(3)8/h1H. The van der Waals surface area contributed by atoms with Gasteiger partial charge in [-0.15, -0.1) is 0 Å². The van der Waals surface area contributed by atoms with Crippen molar-refractivity contribution in [3.63, 3.8) is 0 Å². The number of nitrogens with zero attached hydrogens (tertiary/aromatic N) is 2. The van der Waals surface area contributed by atoms with Crippen LogP contribution < -0.4 is 0 Å². The SMILES string of the molecule is N#CSc1cc(Cl)c(Cl)nc1Cl. The van der Waals surface area contributed by atoms with E-state index in [1.165, 1.54) is 6.07 Å². The first-order valence-corrected chi connectivity index (χ1v) is 4.67. The van der Waals surface area contributed by atoms with E-state index in [2.05, 4.69) is 4.98 Å². The molecule has 0 saturated heterocycles. The van der Waals surface area contributed by atoms with Crippen LogP contribution in [0, 0.1) is 10.7 Å². The molecule has 0 radical (unpaired) electrons. The van der Waals surface area contributed by atoms with Crippen molar-refractivity contribution in [2.24, 2.45) is 0 Å². The van der Waals surface area contributed by atoms with Crippen LogP contribution in [0.25, 0.3) is 0 Å². The van der Waals surface area contributed by atoms with Crippen LogP contribution in [0.5, 0.6) is 0 Å². The number of rotatable bonds is 1. The molecule has 1 aromatic heterocycles. The summed E-state index contributed by atoms with van der Waals surface area (Å²) < 4.78 is 0. The van der Waals surface area contributed by atoms with Gasteiger partial charge in [0.1, 0.15) is 15.7 Å². The van der Waals surface area contributed by atoms with Crippen molar-refractivity contribution < 1.29 is 0 Å². The highest BCUT2D eigenvalue weighted by atomic mass is 35.5. The molecule has 0 amide bonds. The number of thiocyanates is 1. The maximum absolute atomic E-state index is 8.35. The number of hydrogen-bond donors (Lipinski definition) is 0. The van der Waals surface area contributed by atoms with Crippen LogP contribution in [-0.2, 0) is 0 Å². The molecule has 0 atom stereocenters. The normalized spacial score (nSPS) is 9.50. The third-order valence-corrected chi connectivity index (χ3v) is 2.71. The average Bonchev–Trinajstić information content (AvgIpc) is 2.01. The van der Waals surface area contributed by atoms with Gasteiger partial charge in [-0.25, -0.2) is 4.98 Å². The maximum Gasteiger partial charge on any atom is 0.149 e. The number of hydrogen-bond acceptors (Lipinski definition) is 3. The molecule has 6 heteroatoms. The predicted octanol–water partition coefficient (Wildman–Crippen LogP) is 3.61. The molecule has 0 unspecified atom stereocenters. The number of nitriles is 1. The Bertz CT molecular complexity index is 347. The molecule has 0 aromatic carbocycles. The van der Waals surface area contributed by atoms with Crippen LogP contribution in [0.1, 0.15) is 0 Å². The second-order valence-electron chi connectivity index (χ2n) is 1.74. The first-order valence-electron chi connectivity index (χ1n) is 2.72. The summed E-state index contributed by atoms with van der Waals surface area (Å²) in [5.74, 6) is 0. The van der Waals surface area contributed by atoms with Gasteiger partial charge in [0.2, 0.25) is 0 Å². The van der Waals surface area contributed by atoms with Gasteiger partial charge in [0.05, 0.1) is 9.92 Å². The van der Waals surface area contributed by atoms with Crippen LogP contribution >= 0.6 is 46.6 Å². The Kier molecular flexibility index (Phi) is 3.48. The van der Waals surface area contributed by atoms with Gasteiger partial charge >= 0.3 is 0 Å². The molecule has 0 saturated carbocycles. The second kappa shape index (κ2) is 4.20. The second-order valence-corrected chi connectivity index (χ2v) is 3.69. The number of halogens is 3. The molecular weight excluding hydrogens is 239 g/mol. The van der Waals surface area contributed by atoms with E-state index in [9.17, 15) is 0 Å². The van der Waals surface area contributed by atoms with Crippen molar-refractivity contribution >= 4 is 46.6 Å². The van der Waals surface area contributed by atoms with Crippen LogP contribution in [0.15, 0.2) is 11.0 Å². The molecule has 0 N–H and O–H groups in total. The molecule has 62 valence electrons. The summed E-state index contributed by atoms with van der Waals surface area (Å²) in [6.07, 6.45) is 0. The lowest BCUT2D eigenvalue weighted by Crippen LogP contribution is -1.81. The molecule has 0 spiro atoms. The monoisotopic (exact) mass is 238 g/mol. The van der Waals surface area contributed by atoms with Crippen molar-refractivity contribution in [3.05, 3.63) is 21.4 Å². The smallest absolute Gasteiger partial charge is 0.149 e. The van der Waals surface area contributed by atoms with E-state index >= 15 is 0 Å². The van der Waals surface area contributed by atoms with Crippen LogP contribution in [0.2, 0.25) is 15.3 Å². The molecule has 0 fully saturated rings. The lowest BCUT2D eigenvalue weighted by atomic mass is 10.5. The van der Waals surface area contributed by atoms with Gasteiger partial charge in [0.25, 0.3) is 0 Å². The Morgan fingerprint density at radius 2 is 2.00 bits per heavy atom. The molecule has 1 aromatic rings. The van der Waals surface area contributed by atoms with Crippen LogP contribution in [0.3, 0.4) is 0 Å². The average molecular weight is 240 g/mol. The number of pyridine rings is 1. The van der Waals surface area contributed by atoms with Gasteiger partial charge in [-0.05, 0) is 17.8 Å². The van der Waals surface area contributed by atoms with Crippen molar-refractivity contribution in [1.29, 1.82) is 5.26 Å². The Morgan fingerprint density at radius 1 is 1.33 bits per heavy atom. The zero-order valence-corrected chi connectivity index (χ0v) is 8.60. The summed E-state index contributed by atoms with van der Waals surface area (Å²) in [4.78, 5) is 4.23. The maximum atomic E-state index is 8.35. The molecule has 0 aliphatic carbocycles. The summed E-state index contributed by atoms with van der Waals surface area (Å²) in [6, 6.07) is 1.51. The van der Waals surface area contributed by atoms with Gasteiger partial charge in [-0.1, -0.05) is 34.8 Å². The highest BCUT2D eigenvalue weighted by molar-refractivity contribution is 8.03. The summed E-state index contributed by atoms with van der Waals surface area (Å²) in [6.45, 7) is 0. The molecule has 1 heterocycles. The zero-order valence-electron chi connectivity index (χ0n) is 5.51. The van der Waals surface area contributed by atoms with Crippen LogP contribution in [0.4, 0.5) is 0 Å². The highest BCUT2D eigenvalue weighted by Gasteiger charge is 2.07. The molecular formula is C6HCl3N2S. The topological polar surface area (TPSA) is 36.7 Å². The summed E-state index contributed by atoms with van der Waals surface area (Å²) >= 11 is 17.8. The highest BCUT2D eigenvalue weighted by Crippen LogP contribution is 2.31. The molecule has 0 aliphatic heterocycles. The fraction of sp³-hybridized carbons (Fsp3) is 0. The van der Waals surface area contributed by atoms with E-state index in [-0.39, 0.29) is 10.3 Å². The van der Waals surface area contributed by atoms with Crippen LogP contribution in [-0.4, -0.2) is 4.98 Å². The zero-order chi connectivity index (χ0) is 9.14. The largest absolute Gasteiger partial charge is 0.222 e. The quantitative estimate of drug-likeness (QED) is 0.427.